The Morgan fingerprint density at radius 1 is 1.22 bits per heavy atom. The van der Waals surface area contributed by atoms with Gasteiger partial charge in [-0.2, -0.15) is 0 Å². The molecule has 0 aliphatic carbocycles. The number of anilines is 1. The lowest BCUT2D eigenvalue weighted by Gasteiger charge is -2.23. The first kappa shape index (κ1) is 13.9. The van der Waals surface area contributed by atoms with Crippen LogP contribution in [-0.2, 0) is 0 Å². The van der Waals surface area contributed by atoms with Crippen molar-refractivity contribution in [1.82, 2.24) is 19.9 Å². The zero-order chi connectivity index (χ0) is 15.8. The third kappa shape index (κ3) is 2.46. The number of aromatic nitrogens is 4. The SMILES string of the molecule is Cc1cnc(N2CCCC2c2nc3ccccc3c(=O)[nH]2)nc1. The topological polar surface area (TPSA) is 74.8 Å². The molecule has 0 bridgehead atoms. The third-order valence-electron chi connectivity index (χ3n) is 4.22. The van der Waals surface area contributed by atoms with Crippen molar-refractivity contribution in [3.63, 3.8) is 0 Å². The van der Waals surface area contributed by atoms with Crippen molar-refractivity contribution < 1.29 is 0 Å². The second-order valence-electron chi connectivity index (χ2n) is 5.88. The molecule has 116 valence electrons. The van der Waals surface area contributed by atoms with Gasteiger partial charge in [-0.1, -0.05) is 12.1 Å². The van der Waals surface area contributed by atoms with Crippen LogP contribution in [0.25, 0.3) is 10.9 Å². The number of benzene rings is 1. The van der Waals surface area contributed by atoms with Crippen LogP contribution < -0.4 is 10.5 Å². The number of hydrogen-bond donors (Lipinski definition) is 1. The molecule has 1 fully saturated rings. The molecule has 0 saturated carbocycles. The van der Waals surface area contributed by atoms with Gasteiger partial charge < -0.3 is 9.88 Å². The molecule has 3 aromatic rings. The Morgan fingerprint density at radius 2 is 2.00 bits per heavy atom. The Labute approximate surface area is 133 Å². The summed E-state index contributed by atoms with van der Waals surface area (Å²) in [5, 5.41) is 0.618. The molecule has 0 radical (unpaired) electrons. The summed E-state index contributed by atoms with van der Waals surface area (Å²) < 4.78 is 0. The van der Waals surface area contributed by atoms with Gasteiger partial charge >= 0.3 is 0 Å². The predicted molar refractivity (Wildman–Crippen MR) is 88.5 cm³/mol. The molecule has 1 aromatic carbocycles. The summed E-state index contributed by atoms with van der Waals surface area (Å²) in [5.41, 5.74) is 1.66. The Hall–Kier alpha value is -2.76. The number of nitrogens with zero attached hydrogens (tertiary/aromatic N) is 4. The lowest BCUT2D eigenvalue weighted by atomic mass is 10.2. The summed E-state index contributed by atoms with van der Waals surface area (Å²) >= 11 is 0. The second kappa shape index (κ2) is 5.46. The van der Waals surface area contributed by atoms with Crippen molar-refractivity contribution in [1.29, 1.82) is 0 Å². The van der Waals surface area contributed by atoms with E-state index in [2.05, 4.69) is 24.8 Å². The molecule has 2 aromatic heterocycles. The lowest BCUT2D eigenvalue weighted by molar-refractivity contribution is 0.654. The van der Waals surface area contributed by atoms with E-state index in [-0.39, 0.29) is 11.6 Å². The predicted octanol–water partition coefficient (Wildman–Crippen LogP) is 2.36. The van der Waals surface area contributed by atoms with Crippen LogP contribution in [-0.4, -0.2) is 26.5 Å². The monoisotopic (exact) mass is 307 g/mol. The van der Waals surface area contributed by atoms with Gasteiger partial charge in [-0.15, -0.1) is 0 Å². The number of nitrogens with one attached hydrogen (secondary N) is 1. The van der Waals surface area contributed by atoms with Crippen LogP contribution in [0, 0.1) is 6.92 Å². The fourth-order valence-electron chi connectivity index (χ4n) is 3.09. The normalized spacial score (nSPS) is 17.8. The molecule has 1 aliphatic heterocycles. The molecule has 3 heterocycles. The van der Waals surface area contributed by atoms with Crippen LogP contribution in [0.4, 0.5) is 5.95 Å². The Kier molecular flexibility index (Phi) is 3.29. The fourth-order valence-corrected chi connectivity index (χ4v) is 3.09. The van der Waals surface area contributed by atoms with E-state index in [1.54, 1.807) is 6.07 Å². The highest BCUT2D eigenvalue weighted by atomic mass is 16.1. The van der Waals surface area contributed by atoms with Gasteiger partial charge in [0, 0.05) is 18.9 Å². The number of aromatic amines is 1. The molecule has 0 spiro atoms. The van der Waals surface area contributed by atoms with Gasteiger partial charge in [-0.3, -0.25) is 4.79 Å². The number of hydrogen-bond acceptors (Lipinski definition) is 5. The second-order valence-corrected chi connectivity index (χ2v) is 5.88. The lowest BCUT2D eigenvalue weighted by Crippen LogP contribution is -2.27. The van der Waals surface area contributed by atoms with Crippen LogP contribution in [0.5, 0.6) is 0 Å². The average molecular weight is 307 g/mol. The number of aryl methyl sites for hydroxylation is 1. The van der Waals surface area contributed by atoms with E-state index >= 15 is 0 Å². The van der Waals surface area contributed by atoms with Gasteiger partial charge in [0.2, 0.25) is 5.95 Å². The van der Waals surface area contributed by atoms with Gasteiger partial charge in [-0.25, -0.2) is 15.0 Å². The third-order valence-corrected chi connectivity index (χ3v) is 4.22. The molecule has 6 heteroatoms. The molecular formula is C17H17N5O. The van der Waals surface area contributed by atoms with Crippen LogP contribution in [0.2, 0.25) is 0 Å². The van der Waals surface area contributed by atoms with Gasteiger partial charge in [0.25, 0.3) is 5.56 Å². The minimum absolute atomic E-state index is 0.00927. The first-order valence-electron chi connectivity index (χ1n) is 7.76. The van der Waals surface area contributed by atoms with E-state index in [0.29, 0.717) is 17.2 Å². The minimum atomic E-state index is -0.0951. The summed E-state index contributed by atoms with van der Waals surface area (Å²) in [4.78, 5) is 30.8. The highest BCUT2D eigenvalue weighted by molar-refractivity contribution is 5.77. The van der Waals surface area contributed by atoms with Crippen LogP contribution in [0.15, 0.2) is 41.5 Å². The van der Waals surface area contributed by atoms with Gasteiger partial charge in [0.15, 0.2) is 0 Å². The van der Waals surface area contributed by atoms with E-state index in [9.17, 15) is 4.79 Å². The molecular weight excluding hydrogens is 290 g/mol. The molecule has 4 rings (SSSR count). The number of para-hydroxylation sites is 1. The summed E-state index contributed by atoms with van der Waals surface area (Å²) in [6.45, 7) is 2.83. The van der Waals surface area contributed by atoms with Crippen molar-refractivity contribution in [3.8, 4) is 0 Å². The van der Waals surface area contributed by atoms with Crippen molar-refractivity contribution in [2.24, 2.45) is 0 Å². The van der Waals surface area contributed by atoms with Gasteiger partial charge in [0.05, 0.1) is 16.9 Å². The summed E-state index contributed by atoms with van der Waals surface area (Å²) in [6.07, 6.45) is 5.58. The first-order valence-corrected chi connectivity index (χ1v) is 7.76. The average Bonchev–Trinajstić information content (AvgIpc) is 3.05. The Bertz CT molecular complexity index is 903. The molecule has 1 atom stereocenters. The summed E-state index contributed by atoms with van der Waals surface area (Å²) in [6, 6.07) is 7.42. The molecule has 23 heavy (non-hydrogen) atoms. The van der Waals surface area contributed by atoms with E-state index in [4.69, 9.17) is 0 Å². The fraction of sp³-hybridized carbons (Fsp3) is 0.294. The largest absolute Gasteiger partial charge is 0.331 e. The summed E-state index contributed by atoms with van der Waals surface area (Å²) in [7, 11) is 0. The van der Waals surface area contributed by atoms with E-state index in [0.717, 1.165) is 30.5 Å². The Balaban J connectivity index is 1.77. The Morgan fingerprint density at radius 3 is 2.83 bits per heavy atom. The van der Waals surface area contributed by atoms with E-state index in [1.165, 1.54) is 0 Å². The van der Waals surface area contributed by atoms with Crippen LogP contribution in [0.3, 0.4) is 0 Å². The maximum atomic E-state index is 12.3. The quantitative estimate of drug-likeness (QED) is 0.786. The van der Waals surface area contributed by atoms with Crippen LogP contribution >= 0.6 is 0 Å². The van der Waals surface area contributed by atoms with Crippen molar-refractivity contribution in [3.05, 3.63) is 58.4 Å². The van der Waals surface area contributed by atoms with E-state index in [1.807, 2.05) is 37.5 Å². The smallest absolute Gasteiger partial charge is 0.258 e. The van der Waals surface area contributed by atoms with Crippen molar-refractivity contribution in [2.45, 2.75) is 25.8 Å². The molecule has 1 saturated heterocycles. The maximum Gasteiger partial charge on any atom is 0.258 e. The number of rotatable bonds is 2. The molecule has 1 unspecified atom stereocenters. The molecule has 0 amide bonds. The molecule has 1 aliphatic rings. The number of H-pyrrole nitrogens is 1. The molecule has 1 N–H and O–H groups in total. The zero-order valence-corrected chi connectivity index (χ0v) is 12.9. The van der Waals surface area contributed by atoms with E-state index < -0.39 is 0 Å². The first-order chi connectivity index (χ1) is 11.2. The molecule has 6 nitrogen and oxygen atoms in total. The maximum absolute atomic E-state index is 12.3. The van der Waals surface area contributed by atoms with Crippen molar-refractivity contribution in [2.75, 3.05) is 11.4 Å². The summed E-state index contributed by atoms with van der Waals surface area (Å²) in [5.74, 6) is 1.38. The highest BCUT2D eigenvalue weighted by Gasteiger charge is 2.30. The van der Waals surface area contributed by atoms with Crippen LogP contribution in [0.1, 0.15) is 30.3 Å². The van der Waals surface area contributed by atoms with Gasteiger partial charge in [-0.05, 0) is 37.5 Å². The highest BCUT2D eigenvalue weighted by Crippen LogP contribution is 2.32. The van der Waals surface area contributed by atoms with Gasteiger partial charge in [0.1, 0.15) is 5.82 Å². The standard InChI is InChI=1S/C17H17N5O/c1-11-9-18-17(19-10-11)22-8-4-7-14(22)15-20-13-6-3-2-5-12(13)16(23)21-15/h2-3,5-6,9-10,14H,4,7-8H2,1H3,(H,20,21,23). The van der Waals surface area contributed by atoms with Crippen molar-refractivity contribution >= 4 is 16.9 Å². The minimum Gasteiger partial charge on any atom is -0.331 e. The zero-order valence-electron chi connectivity index (χ0n) is 12.9. The number of fused-ring (bicyclic) bond motifs is 1.